The van der Waals surface area contributed by atoms with Gasteiger partial charge in [-0.2, -0.15) is 0 Å². The number of amides is 1. The molecule has 2 aromatic carbocycles. The molecule has 0 aliphatic heterocycles. The average Bonchev–Trinajstić information content (AvgIpc) is 3.38. The molecule has 0 bridgehead atoms. The van der Waals surface area contributed by atoms with Crippen LogP contribution in [-0.2, 0) is 16.6 Å². The monoisotopic (exact) mass is 378 g/mol. The normalized spacial score (nSPS) is 14.6. The van der Waals surface area contributed by atoms with E-state index in [2.05, 4.69) is 41.5 Å². The van der Waals surface area contributed by atoms with Crippen LogP contribution in [0, 0.1) is 6.92 Å². The van der Waals surface area contributed by atoms with E-state index in [1.165, 1.54) is 16.9 Å². The van der Waals surface area contributed by atoms with E-state index in [0.717, 1.165) is 41.0 Å². The minimum absolute atomic E-state index is 0.0459. The van der Waals surface area contributed by atoms with Gasteiger partial charge in [-0.1, -0.05) is 48.0 Å². The smallest absolute Gasteiger partial charge is 0.236 e. The largest absolute Gasteiger partial charge is 0.496 e. The Hall–Kier alpha value is -2.66. The number of nitrogens with zero attached hydrogens (tertiary/aromatic N) is 1. The van der Waals surface area contributed by atoms with E-state index >= 15 is 0 Å². The van der Waals surface area contributed by atoms with Crippen molar-refractivity contribution in [2.24, 2.45) is 0 Å². The van der Waals surface area contributed by atoms with E-state index in [9.17, 15) is 4.79 Å². The Kier molecular flexibility index (Phi) is 4.70. The first-order chi connectivity index (χ1) is 13.1. The Morgan fingerprint density at radius 3 is 2.63 bits per heavy atom. The summed E-state index contributed by atoms with van der Waals surface area (Å²) in [6, 6.07) is 16.2. The minimum atomic E-state index is -0.387. The first-order valence-corrected chi connectivity index (χ1v) is 9.87. The van der Waals surface area contributed by atoms with E-state index in [4.69, 9.17) is 4.74 Å². The lowest BCUT2D eigenvalue weighted by molar-refractivity contribution is -0.118. The number of aromatic nitrogens is 1. The van der Waals surface area contributed by atoms with Crippen LogP contribution in [0.2, 0.25) is 0 Å². The van der Waals surface area contributed by atoms with Crippen molar-refractivity contribution in [2.75, 3.05) is 12.4 Å². The van der Waals surface area contributed by atoms with Gasteiger partial charge in [-0.25, -0.2) is 4.98 Å². The number of carbonyl (C=O) groups excluding carboxylic acids is 1. The van der Waals surface area contributed by atoms with Crippen LogP contribution >= 0.6 is 11.3 Å². The summed E-state index contributed by atoms with van der Waals surface area (Å²) in [4.78, 5) is 18.4. The van der Waals surface area contributed by atoms with Crippen molar-refractivity contribution < 1.29 is 9.53 Å². The van der Waals surface area contributed by atoms with Crippen molar-refractivity contribution in [2.45, 2.75) is 31.6 Å². The summed E-state index contributed by atoms with van der Waals surface area (Å²) < 4.78 is 5.41. The van der Waals surface area contributed by atoms with Gasteiger partial charge < -0.3 is 10.1 Å². The van der Waals surface area contributed by atoms with Gasteiger partial charge in [-0.15, -0.1) is 11.3 Å². The molecule has 1 N–H and O–H groups in total. The quantitative estimate of drug-likeness (QED) is 0.675. The predicted octanol–water partition coefficient (Wildman–Crippen LogP) is 4.72. The summed E-state index contributed by atoms with van der Waals surface area (Å²) in [7, 11) is 1.68. The molecule has 0 atom stereocenters. The number of thiazole rings is 1. The third-order valence-electron chi connectivity index (χ3n) is 5.12. The fourth-order valence-electron chi connectivity index (χ4n) is 3.34. The molecular weight excluding hydrogens is 356 g/mol. The maximum Gasteiger partial charge on any atom is 0.236 e. The minimum Gasteiger partial charge on any atom is -0.496 e. The van der Waals surface area contributed by atoms with Crippen LogP contribution in [0.1, 0.15) is 34.4 Å². The Morgan fingerprint density at radius 2 is 1.93 bits per heavy atom. The number of para-hydroxylation sites is 1. The third kappa shape index (κ3) is 3.60. The number of nitrogens with one attached hydrogen (secondary N) is 1. The van der Waals surface area contributed by atoms with E-state index in [0.29, 0.717) is 5.13 Å². The van der Waals surface area contributed by atoms with Crippen LogP contribution in [0.4, 0.5) is 5.13 Å². The van der Waals surface area contributed by atoms with Crippen molar-refractivity contribution >= 4 is 22.4 Å². The molecule has 1 aliphatic rings. The van der Waals surface area contributed by atoms with Gasteiger partial charge in [0.1, 0.15) is 5.75 Å². The van der Waals surface area contributed by atoms with Crippen LogP contribution in [0.5, 0.6) is 5.75 Å². The van der Waals surface area contributed by atoms with Crippen LogP contribution in [-0.4, -0.2) is 18.0 Å². The molecule has 1 aliphatic carbocycles. The molecule has 1 heterocycles. The summed E-state index contributed by atoms with van der Waals surface area (Å²) in [6.07, 6.45) is 4.35. The number of hydrogen-bond acceptors (Lipinski definition) is 4. The van der Waals surface area contributed by atoms with Gasteiger partial charge in [0, 0.05) is 17.5 Å². The molecule has 0 unspecified atom stereocenters. The van der Waals surface area contributed by atoms with Gasteiger partial charge in [0.05, 0.1) is 12.5 Å². The zero-order valence-corrected chi connectivity index (χ0v) is 16.3. The van der Waals surface area contributed by atoms with Crippen molar-refractivity contribution in [1.82, 2.24) is 4.98 Å². The van der Waals surface area contributed by atoms with Gasteiger partial charge in [0.2, 0.25) is 5.91 Å². The van der Waals surface area contributed by atoms with Crippen LogP contribution in [0.3, 0.4) is 0 Å². The molecule has 0 radical (unpaired) electrons. The van der Waals surface area contributed by atoms with E-state index in [1.54, 1.807) is 7.11 Å². The van der Waals surface area contributed by atoms with Crippen LogP contribution in [0.15, 0.2) is 54.7 Å². The lowest BCUT2D eigenvalue weighted by Crippen LogP contribution is -2.27. The maximum absolute atomic E-state index is 12.9. The third-order valence-corrected chi connectivity index (χ3v) is 6.03. The van der Waals surface area contributed by atoms with Crippen LogP contribution < -0.4 is 10.1 Å². The van der Waals surface area contributed by atoms with Crippen molar-refractivity contribution in [3.63, 3.8) is 0 Å². The number of aryl methyl sites for hydroxylation is 1. The second kappa shape index (κ2) is 7.16. The van der Waals surface area contributed by atoms with Gasteiger partial charge in [-0.05, 0) is 37.0 Å². The second-order valence-corrected chi connectivity index (χ2v) is 8.14. The molecule has 1 saturated carbocycles. The lowest BCUT2D eigenvalue weighted by Gasteiger charge is -2.14. The Morgan fingerprint density at radius 1 is 1.19 bits per heavy atom. The average molecular weight is 378 g/mol. The molecule has 0 saturated heterocycles. The number of hydrogen-bond donors (Lipinski definition) is 1. The Bertz CT molecular complexity index is 958. The van der Waals surface area contributed by atoms with Crippen molar-refractivity contribution in [3.8, 4) is 5.75 Å². The first-order valence-electron chi connectivity index (χ1n) is 9.06. The molecule has 4 rings (SSSR count). The SMILES string of the molecule is COc1ccccc1Cc1cnc(NC(=O)C2(c3ccc(C)cc3)CC2)s1. The topological polar surface area (TPSA) is 51.2 Å². The molecule has 0 spiro atoms. The summed E-state index contributed by atoms with van der Waals surface area (Å²) in [6.45, 7) is 2.06. The molecule has 138 valence electrons. The zero-order valence-electron chi connectivity index (χ0n) is 15.5. The summed E-state index contributed by atoms with van der Waals surface area (Å²) in [5, 5.41) is 3.69. The highest BCUT2D eigenvalue weighted by atomic mass is 32.1. The van der Waals surface area contributed by atoms with Gasteiger partial charge in [-0.3, -0.25) is 4.79 Å². The number of anilines is 1. The first kappa shape index (κ1) is 17.7. The summed E-state index contributed by atoms with van der Waals surface area (Å²) >= 11 is 1.52. The highest BCUT2D eigenvalue weighted by molar-refractivity contribution is 7.15. The summed E-state index contributed by atoms with van der Waals surface area (Å²) in [5.74, 6) is 0.914. The van der Waals surface area contributed by atoms with Crippen LogP contribution in [0.25, 0.3) is 0 Å². The lowest BCUT2D eigenvalue weighted by atomic mass is 9.94. The number of carbonyl (C=O) groups is 1. The number of ether oxygens (including phenoxy) is 1. The highest BCUT2D eigenvalue weighted by Crippen LogP contribution is 2.49. The van der Waals surface area contributed by atoms with Gasteiger partial charge in [0.15, 0.2) is 5.13 Å². The van der Waals surface area contributed by atoms with E-state index in [-0.39, 0.29) is 11.3 Å². The standard InChI is InChI=1S/C22H22N2O2S/c1-15-7-9-17(10-8-15)22(11-12-22)20(25)24-21-23-14-18(27-21)13-16-5-3-4-6-19(16)26-2/h3-10,14H,11-13H2,1-2H3,(H,23,24,25). The zero-order chi connectivity index (χ0) is 18.9. The number of benzene rings is 2. The molecule has 1 aromatic heterocycles. The van der Waals surface area contributed by atoms with Crippen molar-refractivity contribution in [1.29, 1.82) is 0 Å². The number of methoxy groups -OCH3 is 1. The molecular formula is C22H22N2O2S. The van der Waals surface area contributed by atoms with Gasteiger partial charge >= 0.3 is 0 Å². The van der Waals surface area contributed by atoms with Gasteiger partial charge in [0.25, 0.3) is 0 Å². The molecule has 5 heteroatoms. The second-order valence-electron chi connectivity index (χ2n) is 7.02. The van der Waals surface area contributed by atoms with Crippen molar-refractivity contribution in [3.05, 3.63) is 76.3 Å². The fraction of sp³-hybridized carbons (Fsp3) is 0.273. The Balaban J connectivity index is 1.46. The summed E-state index contributed by atoms with van der Waals surface area (Å²) in [5.41, 5.74) is 3.02. The maximum atomic E-state index is 12.9. The highest BCUT2D eigenvalue weighted by Gasteiger charge is 2.51. The van der Waals surface area contributed by atoms with E-state index in [1.807, 2.05) is 30.5 Å². The predicted molar refractivity (Wildman–Crippen MR) is 109 cm³/mol. The molecule has 1 fully saturated rings. The molecule has 3 aromatic rings. The fourth-order valence-corrected chi connectivity index (χ4v) is 4.18. The molecule has 4 nitrogen and oxygen atoms in total. The van der Waals surface area contributed by atoms with E-state index < -0.39 is 0 Å². The molecule has 27 heavy (non-hydrogen) atoms. The Labute approximate surface area is 163 Å². The molecule has 1 amide bonds. The number of rotatable bonds is 6.